The van der Waals surface area contributed by atoms with Gasteiger partial charge in [-0.15, -0.1) is 12.4 Å². The highest BCUT2D eigenvalue weighted by Gasteiger charge is 2.21. The van der Waals surface area contributed by atoms with Gasteiger partial charge in [0.25, 0.3) is 0 Å². The number of hydrogen-bond acceptors (Lipinski definition) is 4. The Balaban J connectivity index is 0.00000324. The van der Waals surface area contributed by atoms with Gasteiger partial charge < -0.3 is 15.0 Å². The number of carbonyl (C=O) groups is 1. The summed E-state index contributed by atoms with van der Waals surface area (Å²) in [7, 11) is 1.92. The first-order chi connectivity index (χ1) is 16.0. The second-order valence-electron chi connectivity index (χ2n) is 7.91. The highest BCUT2D eigenvalue weighted by Crippen LogP contribution is 2.33. The van der Waals surface area contributed by atoms with E-state index in [1.54, 1.807) is 24.7 Å². The van der Waals surface area contributed by atoms with Gasteiger partial charge >= 0.3 is 0 Å². The van der Waals surface area contributed by atoms with E-state index >= 15 is 0 Å². The lowest BCUT2D eigenvalue weighted by molar-refractivity contribution is 0.0622. The highest BCUT2D eigenvalue weighted by molar-refractivity contribution is 5.92. The van der Waals surface area contributed by atoms with Crippen molar-refractivity contribution in [3.63, 3.8) is 0 Å². The molecule has 4 aromatic rings. The molecule has 0 aliphatic heterocycles. The summed E-state index contributed by atoms with van der Waals surface area (Å²) < 4.78 is 8.30. The molecule has 0 aliphatic carbocycles. The smallest absolute Gasteiger partial charge is 0.248 e. The molecule has 0 aliphatic rings. The normalized spacial score (nSPS) is 11.3. The summed E-state index contributed by atoms with van der Waals surface area (Å²) >= 11 is 0. The van der Waals surface area contributed by atoms with Gasteiger partial charge in [0.2, 0.25) is 5.91 Å². The number of rotatable bonds is 7. The number of hydrogen-bond donors (Lipinski definition) is 1. The molecule has 0 radical (unpaired) electrons. The maximum Gasteiger partial charge on any atom is 0.248 e. The van der Waals surface area contributed by atoms with Crippen molar-refractivity contribution >= 4 is 18.3 Å². The Morgan fingerprint density at radius 2 is 1.85 bits per heavy atom. The fourth-order valence-corrected chi connectivity index (χ4v) is 3.84. The fraction of sp³-hybridized carbons (Fsp3) is 0.148. The predicted octanol–water partition coefficient (Wildman–Crippen LogP) is 5.09. The van der Waals surface area contributed by atoms with E-state index < -0.39 is 12.0 Å². The standard InChI is InChI=1S/C27H24N4O2.ClH/c1-18-5-3-4-6-23(18)24-13-21(11-12-22(24)14-28)26(25-15-30-17-31(25)2)33-16-19-7-9-20(10-8-19)27(29)32;/h3-13,15,17,26H,16H2,1-2H3,(H2,29,32);1H. The largest absolute Gasteiger partial charge is 0.366 e. The monoisotopic (exact) mass is 472 g/mol. The third-order valence-electron chi connectivity index (χ3n) is 5.68. The number of nitriles is 1. The molecule has 2 N–H and O–H groups in total. The van der Waals surface area contributed by atoms with Crippen molar-refractivity contribution in [3.8, 4) is 17.2 Å². The van der Waals surface area contributed by atoms with Crippen LogP contribution in [0.2, 0.25) is 0 Å². The molecule has 172 valence electrons. The van der Waals surface area contributed by atoms with E-state index in [-0.39, 0.29) is 12.4 Å². The van der Waals surface area contributed by atoms with E-state index in [9.17, 15) is 10.1 Å². The Morgan fingerprint density at radius 3 is 2.47 bits per heavy atom. The van der Waals surface area contributed by atoms with E-state index in [4.69, 9.17) is 10.5 Å². The van der Waals surface area contributed by atoms with Crippen molar-refractivity contribution in [2.45, 2.75) is 19.6 Å². The number of amides is 1. The van der Waals surface area contributed by atoms with Crippen molar-refractivity contribution in [1.82, 2.24) is 9.55 Å². The minimum Gasteiger partial charge on any atom is -0.366 e. The summed E-state index contributed by atoms with van der Waals surface area (Å²) in [5.74, 6) is -0.462. The lowest BCUT2D eigenvalue weighted by atomic mass is 9.93. The molecule has 1 amide bonds. The fourth-order valence-electron chi connectivity index (χ4n) is 3.84. The molecule has 0 saturated carbocycles. The van der Waals surface area contributed by atoms with Crippen LogP contribution >= 0.6 is 12.4 Å². The zero-order valence-electron chi connectivity index (χ0n) is 18.9. The molecular weight excluding hydrogens is 448 g/mol. The highest BCUT2D eigenvalue weighted by atomic mass is 35.5. The molecule has 1 aromatic heterocycles. The minimum absolute atomic E-state index is 0. The maximum atomic E-state index is 11.3. The molecule has 3 aromatic carbocycles. The van der Waals surface area contributed by atoms with E-state index in [0.29, 0.717) is 17.7 Å². The van der Waals surface area contributed by atoms with Gasteiger partial charge in [-0.05, 0) is 53.4 Å². The van der Waals surface area contributed by atoms with Crippen LogP contribution in [0.4, 0.5) is 0 Å². The lowest BCUT2D eigenvalue weighted by Crippen LogP contribution is -2.12. The number of halogens is 1. The number of benzene rings is 3. The van der Waals surface area contributed by atoms with Crippen LogP contribution in [-0.2, 0) is 18.4 Å². The Labute approximate surface area is 205 Å². The quantitative estimate of drug-likeness (QED) is 0.405. The van der Waals surface area contributed by atoms with Crippen LogP contribution in [0.5, 0.6) is 0 Å². The van der Waals surface area contributed by atoms with Gasteiger partial charge in [-0.1, -0.05) is 42.5 Å². The van der Waals surface area contributed by atoms with Gasteiger partial charge in [0, 0.05) is 18.2 Å². The molecule has 1 atom stereocenters. The van der Waals surface area contributed by atoms with Crippen LogP contribution in [0.3, 0.4) is 0 Å². The third-order valence-corrected chi connectivity index (χ3v) is 5.68. The third kappa shape index (κ3) is 5.18. The Bertz CT molecular complexity index is 1340. The second kappa shape index (κ2) is 10.8. The summed E-state index contributed by atoms with van der Waals surface area (Å²) in [6, 6.07) is 23.2. The van der Waals surface area contributed by atoms with E-state index in [0.717, 1.165) is 33.5 Å². The van der Waals surface area contributed by atoms with Crippen LogP contribution in [-0.4, -0.2) is 15.5 Å². The van der Waals surface area contributed by atoms with Crippen molar-refractivity contribution < 1.29 is 9.53 Å². The van der Waals surface area contributed by atoms with Crippen molar-refractivity contribution in [2.24, 2.45) is 12.8 Å². The number of nitrogens with zero attached hydrogens (tertiary/aromatic N) is 3. The summed E-state index contributed by atoms with van der Waals surface area (Å²) in [6.45, 7) is 2.36. The maximum absolute atomic E-state index is 11.3. The van der Waals surface area contributed by atoms with Gasteiger partial charge in [-0.2, -0.15) is 5.26 Å². The summed E-state index contributed by atoms with van der Waals surface area (Å²) in [6.07, 6.45) is 3.12. The number of aromatic nitrogens is 2. The molecule has 34 heavy (non-hydrogen) atoms. The zero-order chi connectivity index (χ0) is 23.4. The number of carbonyl (C=O) groups excluding carboxylic acids is 1. The molecule has 6 nitrogen and oxygen atoms in total. The van der Waals surface area contributed by atoms with Crippen LogP contribution in [0.1, 0.15) is 44.4 Å². The molecule has 7 heteroatoms. The first-order valence-electron chi connectivity index (χ1n) is 10.5. The number of ether oxygens (including phenoxy) is 1. The van der Waals surface area contributed by atoms with Crippen molar-refractivity contribution in [2.75, 3.05) is 0 Å². The van der Waals surface area contributed by atoms with Gasteiger partial charge in [-0.3, -0.25) is 4.79 Å². The Hall–Kier alpha value is -3.92. The summed E-state index contributed by atoms with van der Waals surface area (Å²) in [5, 5.41) is 9.71. The van der Waals surface area contributed by atoms with Crippen LogP contribution in [0.15, 0.2) is 79.3 Å². The average molecular weight is 473 g/mol. The number of aryl methyl sites for hydroxylation is 2. The molecular formula is C27H25ClN4O2. The van der Waals surface area contributed by atoms with Gasteiger partial charge in [0.1, 0.15) is 6.10 Å². The number of primary amides is 1. The van der Waals surface area contributed by atoms with Crippen LogP contribution in [0, 0.1) is 18.3 Å². The molecule has 0 bridgehead atoms. The Kier molecular flexibility index (Phi) is 7.85. The molecule has 4 rings (SSSR count). The van der Waals surface area contributed by atoms with Gasteiger partial charge in [0.05, 0.1) is 36.5 Å². The van der Waals surface area contributed by atoms with Gasteiger partial charge in [-0.25, -0.2) is 4.98 Å². The Morgan fingerprint density at radius 1 is 1.12 bits per heavy atom. The average Bonchev–Trinajstić information content (AvgIpc) is 3.25. The van der Waals surface area contributed by atoms with Crippen molar-refractivity contribution in [1.29, 1.82) is 5.26 Å². The number of nitrogens with two attached hydrogens (primary N) is 1. The van der Waals surface area contributed by atoms with Gasteiger partial charge in [0.15, 0.2) is 0 Å². The van der Waals surface area contributed by atoms with E-state index in [2.05, 4.69) is 11.1 Å². The van der Waals surface area contributed by atoms with Crippen LogP contribution < -0.4 is 5.73 Å². The molecule has 1 heterocycles. The molecule has 1 unspecified atom stereocenters. The SMILES string of the molecule is Cc1ccccc1-c1cc(C(OCc2ccc(C(N)=O)cc2)c2cncn2C)ccc1C#N.Cl. The first-order valence-corrected chi connectivity index (χ1v) is 10.5. The van der Waals surface area contributed by atoms with Crippen molar-refractivity contribution in [3.05, 3.63) is 113 Å². The summed E-state index contributed by atoms with van der Waals surface area (Å²) in [5.41, 5.74) is 12.1. The first kappa shape index (κ1) is 24.7. The topological polar surface area (TPSA) is 93.9 Å². The van der Waals surface area contributed by atoms with E-state index in [1.165, 1.54) is 0 Å². The molecule has 0 fully saturated rings. The zero-order valence-corrected chi connectivity index (χ0v) is 19.8. The van der Waals surface area contributed by atoms with Crippen LogP contribution in [0.25, 0.3) is 11.1 Å². The number of imidazole rings is 1. The molecule has 0 saturated heterocycles. The van der Waals surface area contributed by atoms with E-state index in [1.807, 2.05) is 73.1 Å². The minimum atomic E-state index is -0.462. The summed E-state index contributed by atoms with van der Waals surface area (Å²) in [4.78, 5) is 15.6. The molecule has 0 spiro atoms. The second-order valence-corrected chi connectivity index (χ2v) is 7.91. The predicted molar refractivity (Wildman–Crippen MR) is 133 cm³/mol. The lowest BCUT2D eigenvalue weighted by Gasteiger charge is -2.21.